The van der Waals surface area contributed by atoms with Gasteiger partial charge >= 0.3 is 17.4 Å². The zero-order valence-electron chi connectivity index (χ0n) is 14.8. The van der Waals surface area contributed by atoms with E-state index in [1.54, 1.807) is 13.0 Å². The van der Waals surface area contributed by atoms with Gasteiger partial charge < -0.3 is 39.4 Å². The van der Waals surface area contributed by atoms with E-state index in [2.05, 4.69) is 0 Å². The van der Waals surface area contributed by atoms with Crippen molar-refractivity contribution < 1.29 is 44.2 Å². The maximum atomic E-state index is 11.9. The molecule has 5 N–H and O–H groups in total. The summed E-state index contributed by atoms with van der Waals surface area (Å²) in [4.78, 5) is 23.5. The third kappa shape index (κ3) is 3.60. The van der Waals surface area contributed by atoms with E-state index in [-0.39, 0.29) is 11.3 Å². The van der Waals surface area contributed by atoms with E-state index in [4.69, 9.17) is 19.0 Å². The molecule has 0 saturated carbocycles. The van der Waals surface area contributed by atoms with Crippen molar-refractivity contribution in [2.24, 2.45) is 0 Å². The van der Waals surface area contributed by atoms with Crippen LogP contribution in [0.15, 0.2) is 33.5 Å². The van der Waals surface area contributed by atoms with E-state index in [1.165, 1.54) is 18.2 Å². The second kappa shape index (κ2) is 7.49. The van der Waals surface area contributed by atoms with Gasteiger partial charge in [0.2, 0.25) is 0 Å². The van der Waals surface area contributed by atoms with Gasteiger partial charge in [0, 0.05) is 17.5 Å². The summed E-state index contributed by atoms with van der Waals surface area (Å²) < 4.78 is 15.9. The molecule has 5 atom stereocenters. The molecule has 1 saturated heterocycles. The molecule has 1 aromatic carbocycles. The van der Waals surface area contributed by atoms with Crippen molar-refractivity contribution in [3.8, 4) is 5.75 Å². The molecule has 1 fully saturated rings. The van der Waals surface area contributed by atoms with Gasteiger partial charge in [-0.05, 0) is 24.6 Å². The zero-order valence-corrected chi connectivity index (χ0v) is 14.8. The van der Waals surface area contributed by atoms with Crippen LogP contribution in [0.2, 0.25) is 0 Å². The predicted octanol–water partition coefficient (Wildman–Crippen LogP) is -0.875. The lowest BCUT2D eigenvalue weighted by Gasteiger charge is -2.43. The molecule has 0 amide bonds. The zero-order chi connectivity index (χ0) is 20.6. The minimum Gasteiger partial charge on any atom is -0.476 e. The quantitative estimate of drug-likeness (QED) is 0.401. The first kappa shape index (κ1) is 20.2. The molecule has 0 bridgehead atoms. The summed E-state index contributed by atoms with van der Waals surface area (Å²) in [5.41, 5.74) is 0.226. The van der Waals surface area contributed by atoms with Crippen LogP contribution in [0.25, 0.3) is 11.0 Å². The highest BCUT2D eigenvalue weighted by Gasteiger charge is 2.55. The van der Waals surface area contributed by atoms with Crippen molar-refractivity contribution in [1.82, 2.24) is 0 Å². The number of benzene rings is 1. The standard InChI is InChI=1S/C18H20O10/c1-8-4-14(22)26-13-5-9(2-3-10(8)13)27-18(17(24)25)6-11(20)15(23)16(28-18)12(21)7-19/h2-5,11-12,15-16,19-21,23H,6-7H2,1H3,(H,24,25)/t11-,12-,15-,16-,18-/m1/s1. The molecule has 2 heterocycles. The predicted molar refractivity (Wildman–Crippen MR) is 92.8 cm³/mol. The van der Waals surface area contributed by atoms with Gasteiger partial charge in [0.1, 0.15) is 29.6 Å². The van der Waals surface area contributed by atoms with Crippen LogP contribution in [-0.4, -0.2) is 68.3 Å². The molecular formula is C18H20O10. The van der Waals surface area contributed by atoms with Gasteiger partial charge in [-0.25, -0.2) is 9.59 Å². The van der Waals surface area contributed by atoms with Crippen LogP contribution in [-0.2, 0) is 9.53 Å². The largest absolute Gasteiger partial charge is 0.476 e. The Kier molecular flexibility index (Phi) is 5.41. The molecule has 2 aromatic rings. The average molecular weight is 396 g/mol. The molecule has 28 heavy (non-hydrogen) atoms. The van der Waals surface area contributed by atoms with Gasteiger partial charge in [-0.2, -0.15) is 0 Å². The molecule has 10 nitrogen and oxygen atoms in total. The number of aryl methyl sites for hydroxylation is 1. The second-order valence-electron chi connectivity index (χ2n) is 6.66. The Morgan fingerprint density at radius 1 is 1.36 bits per heavy atom. The highest BCUT2D eigenvalue weighted by Crippen LogP contribution is 2.35. The second-order valence-corrected chi connectivity index (χ2v) is 6.66. The smallest absolute Gasteiger partial charge is 0.377 e. The van der Waals surface area contributed by atoms with E-state index in [0.717, 1.165) is 0 Å². The first-order valence-electron chi connectivity index (χ1n) is 8.46. The van der Waals surface area contributed by atoms with E-state index in [0.29, 0.717) is 10.9 Å². The van der Waals surface area contributed by atoms with Crippen molar-refractivity contribution in [2.45, 2.75) is 43.5 Å². The fourth-order valence-corrected chi connectivity index (χ4v) is 3.17. The molecule has 1 aliphatic rings. The first-order valence-corrected chi connectivity index (χ1v) is 8.46. The average Bonchev–Trinajstić information content (AvgIpc) is 2.63. The number of aliphatic hydroxyl groups is 4. The molecule has 0 radical (unpaired) electrons. The maximum absolute atomic E-state index is 11.9. The molecule has 0 aliphatic carbocycles. The highest BCUT2D eigenvalue weighted by molar-refractivity contribution is 5.82. The maximum Gasteiger partial charge on any atom is 0.377 e. The number of hydrogen-bond acceptors (Lipinski definition) is 9. The monoisotopic (exact) mass is 396 g/mol. The Balaban J connectivity index is 2.00. The van der Waals surface area contributed by atoms with Crippen LogP contribution >= 0.6 is 0 Å². The van der Waals surface area contributed by atoms with Crippen LogP contribution in [0.3, 0.4) is 0 Å². The highest BCUT2D eigenvalue weighted by atomic mass is 16.7. The first-order chi connectivity index (χ1) is 13.2. The van der Waals surface area contributed by atoms with Crippen LogP contribution in [0.5, 0.6) is 5.75 Å². The summed E-state index contributed by atoms with van der Waals surface area (Å²) in [5, 5.41) is 49.3. The number of carboxylic acids is 1. The summed E-state index contributed by atoms with van der Waals surface area (Å²) in [6.45, 7) is 0.881. The topological polar surface area (TPSA) is 167 Å². The Morgan fingerprint density at radius 3 is 2.71 bits per heavy atom. The Hall–Kier alpha value is -2.50. The lowest BCUT2D eigenvalue weighted by molar-refractivity contribution is -0.298. The third-order valence-corrected chi connectivity index (χ3v) is 4.63. The van der Waals surface area contributed by atoms with E-state index < -0.39 is 54.8 Å². The lowest BCUT2D eigenvalue weighted by Crippen LogP contribution is -2.64. The molecule has 1 aliphatic heterocycles. The molecule has 3 rings (SSSR count). The van der Waals surface area contributed by atoms with Crippen molar-refractivity contribution >= 4 is 16.9 Å². The van der Waals surface area contributed by atoms with Crippen LogP contribution in [0, 0.1) is 6.92 Å². The van der Waals surface area contributed by atoms with Crippen molar-refractivity contribution in [2.75, 3.05) is 6.61 Å². The number of aliphatic hydroxyl groups excluding tert-OH is 4. The van der Waals surface area contributed by atoms with Gasteiger partial charge in [-0.1, -0.05) is 0 Å². The molecule has 0 unspecified atom stereocenters. The van der Waals surface area contributed by atoms with Crippen LogP contribution < -0.4 is 10.4 Å². The molecule has 0 spiro atoms. The number of rotatable bonds is 5. The molecule has 1 aromatic heterocycles. The number of fused-ring (bicyclic) bond motifs is 1. The molecule has 10 heteroatoms. The number of carbonyl (C=O) groups is 1. The number of ether oxygens (including phenoxy) is 2. The van der Waals surface area contributed by atoms with E-state index >= 15 is 0 Å². The third-order valence-electron chi connectivity index (χ3n) is 4.63. The van der Waals surface area contributed by atoms with Crippen molar-refractivity contribution in [1.29, 1.82) is 0 Å². The SMILES string of the molecule is Cc1cc(=O)oc2cc(O[C@]3(C(=O)O)C[C@@H](O)[C@@H](O)[C@@H]([C@H](O)CO)O3)ccc12. The number of hydrogen-bond donors (Lipinski definition) is 5. The summed E-state index contributed by atoms with van der Waals surface area (Å²) in [6, 6.07) is 5.60. The fraction of sp³-hybridized carbons (Fsp3) is 0.444. The van der Waals surface area contributed by atoms with Crippen LogP contribution in [0.4, 0.5) is 0 Å². The Morgan fingerprint density at radius 2 is 2.07 bits per heavy atom. The number of carboxylic acid groups (broad SMARTS) is 1. The van der Waals surface area contributed by atoms with Crippen LogP contribution in [0.1, 0.15) is 12.0 Å². The normalized spacial score (nSPS) is 28.8. The Bertz CT molecular complexity index is 938. The minimum atomic E-state index is -2.45. The van der Waals surface area contributed by atoms with E-state index in [1.807, 2.05) is 0 Å². The van der Waals surface area contributed by atoms with Crippen molar-refractivity contribution in [3.63, 3.8) is 0 Å². The summed E-state index contributed by atoms with van der Waals surface area (Å²) in [6.07, 6.45) is -7.13. The van der Waals surface area contributed by atoms with Gasteiger partial charge in [-0.3, -0.25) is 0 Å². The summed E-state index contributed by atoms with van der Waals surface area (Å²) in [5.74, 6) is -4.10. The van der Waals surface area contributed by atoms with Gasteiger partial charge in [-0.15, -0.1) is 0 Å². The molecular weight excluding hydrogens is 376 g/mol. The van der Waals surface area contributed by atoms with Gasteiger partial charge in [0.25, 0.3) is 0 Å². The fourth-order valence-electron chi connectivity index (χ4n) is 3.17. The van der Waals surface area contributed by atoms with Gasteiger partial charge in [0.15, 0.2) is 0 Å². The summed E-state index contributed by atoms with van der Waals surface area (Å²) in [7, 11) is 0. The minimum absolute atomic E-state index is 0.0375. The van der Waals surface area contributed by atoms with Gasteiger partial charge in [0.05, 0.1) is 19.1 Å². The molecule has 152 valence electrons. The van der Waals surface area contributed by atoms with E-state index in [9.17, 15) is 30.0 Å². The van der Waals surface area contributed by atoms with Crippen molar-refractivity contribution in [3.05, 3.63) is 40.2 Å². The Labute approximate surface area is 158 Å². The number of aliphatic carboxylic acids is 1. The summed E-state index contributed by atoms with van der Waals surface area (Å²) >= 11 is 0. The lowest BCUT2D eigenvalue weighted by atomic mass is 9.92.